The van der Waals surface area contributed by atoms with E-state index in [1.165, 1.54) is 16.7 Å². The Morgan fingerprint density at radius 1 is 1.03 bits per heavy atom. The largest absolute Gasteiger partial charge is 0.349 e. The van der Waals surface area contributed by atoms with E-state index in [1.807, 2.05) is 41.3 Å². The van der Waals surface area contributed by atoms with Crippen molar-refractivity contribution in [2.45, 2.75) is 57.3 Å². The number of aryl methyl sites for hydroxylation is 1. The van der Waals surface area contributed by atoms with Gasteiger partial charge in [-0.05, 0) is 48.9 Å². The number of nitrogens with zero attached hydrogens (tertiary/aromatic N) is 1. The number of benzene rings is 2. The summed E-state index contributed by atoms with van der Waals surface area (Å²) in [5.74, 6) is 0.0226. The number of carbonyl (C=O) groups excluding carboxylic acids is 2. The average molecular weight is 418 g/mol. The molecule has 5 heteroatoms. The van der Waals surface area contributed by atoms with Crippen LogP contribution in [0.1, 0.15) is 42.4 Å². The Bertz CT molecular complexity index is 894. The third-order valence-electron chi connectivity index (χ3n) is 6.16. The molecule has 1 fully saturated rings. The van der Waals surface area contributed by atoms with Crippen molar-refractivity contribution >= 4 is 11.8 Å². The van der Waals surface area contributed by atoms with Gasteiger partial charge in [0.05, 0.1) is 6.04 Å². The molecule has 2 aromatic rings. The molecule has 2 amide bonds. The van der Waals surface area contributed by atoms with Gasteiger partial charge in [0.1, 0.15) is 0 Å². The first-order valence-electron chi connectivity index (χ1n) is 11.3. The van der Waals surface area contributed by atoms with Crippen molar-refractivity contribution in [1.82, 2.24) is 15.5 Å². The highest BCUT2D eigenvalue weighted by Gasteiger charge is 2.24. The van der Waals surface area contributed by atoms with Crippen molar-refractivity contribution in [3.8, 4) is 0 Å². The topological polar surface area (TPSA) is 61.4 Å². The van der Waals surface area contributed by atoms with Crippen LogP contribution in [0.3, 0.4) is 0 Å². The minimum Gasteiger partial charge on any atom is -0.349 e. The van der Waals surface area contributed by atoms with E-state index in [1.54, 1.807) is 6.08 Å². The highest BCUT2D eigenvalue weighted by atomic mass is 16.2. The molecular formula is C26H31N3O2. The van der Waals surface area contributed by atoms with Crippen LogP contribution < -0.4 is 10.6 Å². The summed E-state index contributed by atoms with van der Waals surface area (Å²) < 4.78 is 0. The summed E-state index contributed by atoms with van der Waals surface area (Å²) in [6.07, 6.45) is 8.17. The first-order valence-corrected chi connectivity index (χ1v) is 11.3. The SMILES string of the molecule is O=C(N[C@H](/C=C/C(=O)N1Cc2ccccc2C1)CCc1ccccc1)[C@@H]1CCCCN1. The van der Waals surface area contributed by atoms with Gasteiger partial charge >= 0.3 is 0 Å². The second kappa shape index (κ2) is 10.4. The minimum atomic E-state index is -0.176. The lowest BCUT2D eigenvalue weighted by Crippen LogP contribution is -2.49. The molecule has 0 saturated carbocycles. The zero-order chi connectivity index (χ0) is 21.5. The van der Waals surface area contributed by atoms with Gasteiger partial charge in [0.2, 0.25) is 11.8 Å². The molecule has 162 valence electrons. The van der Waals surface area contributed by atoms with Gasteiger partial charge in [0.15, 0.2) is 0 Å². The maximum Gasteiger partial charge on any atom is 0.246 e. The summed E-state index contributed by atoms with van der Waals surface area (Å²) in [6, 6.07) is 18.1. The molecule has 5 nitrogen and oxygen atoms in total. The van der Waals surface area contributed by atoms with Gasteiger partial charge in [-0.2, -0.15) is 0 Å². The highest BCUT2D eigenvalue weighted by Crippen LogP contribution is 2.22. The van der Waals surface area contributed by atoms with Crippen LogP contribution in [0.5, 0.6) is 0 Å². The lowest BCUT2D eigenvalue weighted by Gasteiger charge is -2.25. The molecule has 2 aliphatic rings. The molecule has 2 N–H and O–H groups in total. The van der Waals surface area contributed by atoms with Gasteiger partial charge in [-0.15, -0.1) is 0 Å². The number of carbonyl (C=O) groups is 2. The molecule has 2 heterocycles. The third kappa shape index (κ3) is 5.82. The molecular weight excluding hydrogens is 386 g/mol. The number of fused-ring (bicyclic) bond motifs is 1. The van der Waals surface area contributed by atoms with Crippen LogP contribution >= 0.6 is 0 Å². The fourth-order valence-electron chi connectivity index (χ4n) is 4.34. The number of hydrogen-bond donors (Lipinski definition) is 2. The van der Waals surface area contributed by atoms with Crippen LogP contribution in [0.4, 0.5) is 0 Å². The summed E-state index contributed by atoms with van der Waals surface area (Å²) in [6.45, 7) is 2.18. The molecule has 0 aromatic heterocycles. The Kier molecular flexibility index (Phi) is 7.15. The molecule has 0 unspecified atom stereocenters. The van der Waals surface area contributed by atoms with E-state index in [-0.39, 0.29) is 23.9 Å². The van der Waals surface area contributed by atoms with Gasteiger partial charge in [-0.1, -0.05) is 67.1 Å². The Balaban J connectivity index is 1.39. The molecule has 2 aromatic carbocycles. The number of nitrogens with one attached hydrogen (secondary N) is 2. The van der Waals surface area contributed by atoms with Crippen LogP contribution in [0.2, 0.25) is 0 Å². The van der Waals surface area contributed by atoms with Crippen molar-refractivity contribution < 1.29 is 9.59 Å². The van der Waals surface area contributed by atoms with Gasteiger partial charge < -0.3 is 15.5 Å². The maximum atomic E-state index is 12.8. The second-order valence-corrected chi connectivity index (χ2v) is 8.46. The van der Waals surface area contributed by atoms with E-state index in [9.17, 15) is 9.59 Å². The monoisotopic (exact) mass is 417 g/mol. The van der Waals surface area contributed by atoms with Crippen LogP contribution in [0, 0.1) is 0 Å². The van der Waals surface area contributed by atoms with E-state index < -0.39 is 0 Å². The lowest BCUT2D eigenvalue weighted by molar-refractivity contribution is -0.127. The van der Waals surface area contributed by atoms with E-state index in [4.69, 9.17) is 0 Å². The van der Waals surface area contributed by atoms with E-state index in [0.717, 1.165) is 38.6 Å². The molecule has 0 radical (unpaired) electrons. The summed E-state index contributed by atoms with van der Waals surface area (Å²) in [4.78, 5) is 27.4. The van der Waals surface area contributed by atoms with Crippen LogP contribution in [-0.2, 0) is 29.1 Å². The average Bonchev–Trinajstić information content (AvgIpc) is 3.26. The van der Waals surface area contributed by atoms with Crippen molar-refractivity contribution in [1.29, 1.82) is 0 Å². The Morgan fingerprint density at radius 3 is 2.42 bits per heavy atom. The Morgan fingerprint density at radius 2 is 1.74 bits per heavy atom. The quantitative estimate of drug-likeness (QED) is 0.680. The van der Waals surface area contributed by atoms with E-state index in [2.05, 4.69) is 34.9 Å². The Labute approximate surface area is 184 Å². The number of hydrogen-bond acceptors (Lipinski definition) is 3. The standard InChI is InChI=1S/C26H31N3O2/c30-25(29-18-21-10-4-5-11-22(21)19-29)16-15-23(14-13-20-8-2-1-3-9-20)28-26(31)24-12-6-7-17-27-24/h1-5,8-11,15-16,23-24,27H,6-7,12-14,17-19H2,(H,28,31)/b16-15+/t23-,24-/m0/s1. The maximum absolute atomic E-state index is 12.8. The predicted octanol–water partition coefficient (Wildman–Crippen LogP) is 3.34. The van der Waals surface area contributed by atoms with E-state index >= 15 is 0 Å². The van der Waals surface area contributed by atoms with Gasteiger partial charge in [0.25, 0.3) is 0 Å². The van der Waals surface area contributed by atoms with Crippen molar-refractivity contribution in [2.75, 3.05) is 6.54 Å². The smallest absolute Gasteiger partial charge is 0.246 e. The summed E-state index contributed by atoms with van der Waals surface area (Å²) >= 11 is 0. The van der Waals surface area contributed by atoms with Crippen LogP contribution in [0.15, 0.2) is 66.7 Å². The molecule has 2 atom stereocenters. The summed E-state index contributed by atoms with van der Waals surface area (Å²) in [5, 5.41) is 6.47. The van der Waals surface area contributed by atoms with Crippen molar-refractivity contribution in [3.63, 3.8) is 0 Å². The van der Waals surface area contributed by atoms with E-state index in [0.29, 0.717) is 13.1 Å². The summed E-state index contributed by atoms with van der Waals surface area (Å²) in [7, 11) is 0. The van der Waals surface area contributed by atoms with Crippen molar-refractivity contribution in [3.05, 3.63) is 83.4 Å². The number of amides is 2. The van der Waals surface area contributed by atoms with Gasteiger partial charge in [0, 0.05) is 25.2 Å². The molecule has 2 aliphatic heterocycles. The number of rotatable bonds is 7. The highest BCUT2D eigenvalue weighted by molar-refractivity contribution is 5.88. The molecule has 31 heavy (non-hydrogen) atoms. The first-order chi connectivity index (χ1) is 15.2. The zero-order valence-electron chi connectivity index (χ0n) is 17.9. The normalized spacial score (nSPS) is 19.2. The Hall–Kier alpha value is -2.92. The minimum absolute atomic E-state index is 0.00838. The molecule has 4 rings (SSSR count). The number of piperidine rings is 1. The zero-order valence-corrected chi connectivity index (χ0v) is 17.9. The van der Waals surface area contributed by atoms with Crippen molar-refractivity contribution in [2.24, 2.45) is 0 Å². The summed E-state index contributed by atoms with van der Waals surface area (Å²) in [5.41, 5.74) is 3.65. The third-order valence-corrected chi connectivity index (χ3v) is 6.16. The second-order valence-electron chi connectivity index (χ2n) is 8.46. The molecule has 0 spiro atoms. The van der Waals surface area contributed by atoms with Gasteiger partial charge in [-0.3, -0.25) is 9.59 Å². The van der Waals surface area contributed by atoms with Crippen LogP contribution in [0.25, 0.3) is 0 Å². The van der Waals surface area contributed by atoms with Gasteiger partial charge in [-0.25, -0.2) is 0 Å². The lowest BCUT2D eigenvalue weighted by atomic mass is 10.0. The molecule has 0 bridgehead atoms. The fourth-order valence-corrected chi connectivity index (χ4v) is 4.34. The molecule has 1 saturated heterocycles. The first kappa shape index (κ1) is 21.3. The fraction of sp³-hybridized carbons (Fsp3) is 0.385. The van der Waals surface area contributed by atoms with Crippen LogP contribution in [-0.4, -0.2) is 35.3 Å². The molecule has 0 aliphatic carbocycles. The predicted molar refractivity (Wildman–Crippen MR) is 122 cm³/mol.